The number of carbonyl (C=O) groups is 1. The van der Waals surface area contributed by atoms with E-state index in [-0.39, 0.29) is 29.6 Å². The molecule has 0 unspecified atom stereocenters. The molecule has 0 radical (unpaired) electrons. The third-order valence-corrected chi connectivity index (χ3v) is 5.05. The maximum atomic E-state index is 11.4. The second kappa shape index (κ2) is 8.28. The molecule has 1 heterocycles. The predicted molar refractivity (Wildman–Crippen MR) is 94.9 cm³/mol. The monoisotopic (exact) mass is 373 g/mol. The number of benzene rings is 2. The minimum absolute atomic E-state index is 0. The van der Waals surface area contributed by atoms with E-state index in [2.05, 4.69) is 11.1 Å². The molecule has 1 aromatic heterocycles. The first kappa shape index (κ1) is 20.5. The molecule has 0 aliphatic carbocycles. The van der Waals surface area contributed by atoms with E-state index >= 15 is 0 Å². The minimum atomic E-state index is -1.13. The number of fused-ring (bicyclic) bond motifs is 1. The number of hydrogen-bond acceptors (Lipinski definition) is 5. The van der Waals surface area contributed by atoms with Gasteiger partial charge in [-0.2, -0.15) is 5.26 Å². The van der Waals surface area contributed by atoms with Crippen LogP contribution in [-0.2, 0) is 11.3 Å². The zero-order valence-corrected chi connectivity index (χ0v) is 17.7. The van der Waals surface area contributed by atoms with E-state index in [0.717, 1.165) is 16.6 Å². The molecule has 5 nitrogen and oxygen atoms in total. The molecule has 3 aromatic rings. The maximum absolute atomic E-state index is 11.4. The Hall–Kier alpha value is -1.78. The van der Waals surface area contributed by atoms with Crippen LogP contribution in [0.3, 0.4) is 0 Å². The van der Waals surface area contributed by atoms with Gasteiger partial charge in [0.15, 0.2) is 5.16 Å². The second-order valence-corrected chi connectivity index (χ2v) is 7.77. The van der Waals surface area contributed by atoms with Gasteiger partial charge in [0.1, 0.15) is 0 Å². The molecule has 0 atom stereocenters. The number of para-hydroxylation sites is 2. The van der Waals surface area contributed by atoms with Crippen molar-refractivity contribution in [1.82, 2.24) is 9.55 Å². The Morgan fingerprint density at radius 2 is 1.88 bits per heavy atom. The van der Waals surface area contributed by atoms with E-state index < -0.39 is 10.7 Å². The molecule has 126 valence electrons. The Balaban J connectivity index is 0.00000243. The fourth-order valence-electron chi connectivity index (χ4n) is 2.42. The van der Waals surface area contributed by atoms with E-state index in [9.17, 15) is 9.90 Å². The van der Waals surface area contributed by atoms with Crippen molar-refractivity contribution < 1.29 is 39.5 Å². The number of aliphatic carboxylic acids is 1. The number of imidazole rings is 1. The van der Waals surface area contributed by atoms with E-state index in [1.165, 1.54) is 11.8 Å². The van der Waals surface area contributed by atoms with Crippen LogP contribution in [0, 0.1) is 11.3 Å². The van der Waals surface area contributed by atoms with E-state index in [1.54, 1.807) is 26.0 Å². The molecule has 0 N–H and O–H groups in total. The summed E-state index contributed by atoms with van der Waals surface area (Å²) in [6, 6.07) is 17.1. The Morgan fingerprint density at radius 3 is 2.50 bits per heavy atom. The summed E-state index contributed by atoms with van der Waals surface area (Å²) in [6.07, 6.45) is 0. The maximum Gasteiger partial charge on any atom is 1.00 e. The van der Waals surface area contributed by atoms with Gasteiger partial charge in [-0.05, 0) is 43.7 Å². The normalized spacial score (nSPS) is 11.0. The van der Waals surface area contributed by atoms with Crippen molar-refractivity contribution in [1.29, 1.82) is 5.26 Å². The van der Waals surface area contributed by atoms with Gasteiger partial charge in [-0.1, -0.05) is 36.0 Å². The van der Waals surface area contributed by atoms with E-state index in [0.29, 0.717) is 17.3 Å². The molecule has 2 aromatic carbocycles. The third kappa shape index (κ3) is 4.30. The quantitative estimate of drug-likeness (QED) is 0.448. The van der Waals surface area contributed by atoms with Crippen LogP contribution in [0.4, 0.5) is 0 Å². The molecule has 0 fully saturated rings. The first-order valence-corrected chi connectivity index (χ1v) is 8.57. The van der Waals surface area contributed by atoms with Gasteiger partial charge in [-0.25, -0.2) is 4.98 Å². The van der Waals surface area contributed by atoms with Gasteiger partial charge < -0.3 is 14.5 Å². The zero-order chi connectivity index (χ0) is 18.0. The second-order valence-electron chi connectivity index (χ2n) is 6.18. The standard InChI is InChI=1S/C19H17N3O2S.Na/c1-19(2,17(23)24)25-18-21-15-5-3-4-6-16(15)22(18)12-14-9-7-13(11-20)8-10-14;/h3-10H,12H2,1-2H3,(H,23,24);/q;+1/p-1. The van der Waals surface area contributed by atoms with Crippen LogP contribution >= 0.6 is 11.8 Å². The molecule has 0 bridgehead atoms. The number of rotatable bonds is 5. The van der Waals surface area contributed by atoms with Gasteiger partial charge in [0.05, 0.1) is 39.9 Å². The van der Waals surface area contributed by atoms with Crippen LogP contribution in [0.2, 0.25) is 0 Å². The van der Waals surface area contributed by atoms with Crippen molar-refractivity contribution in [3.05, 3.63) is 59.7 Å². The van der Waals surface area contributed by atoms with Crippen LogP contribution in [0.25, 0.3) is 11.0 Å². The predicted octanol–water partition coefficient (Wildman–Crippen LogP) is -0.419. The van der Waals surface area contributed by atoms with Crippen molar-refractivity contribution in [2.45, 2.75) is 30.3 Å². The molecule has 0 saturated heterocycles. The first-order valence-electron chi connectivity index (χ1n) is 7.75. The van der Waals surface area contributed by atoms with Crippen molar-refractivity contribution >= 4 is 28.8 Å². The molecule has 3 rings (SSSR count). The number of carboxylic acids is 1. The fraction of sp³-hybridized carbons (Fsp3) is 0.211. The van der Waals surface area contributed by atoms with Gasteiger partial charge in [0.2, 0.25) is 0 Å². The number of nitrogens with zero attached hydrogens (tertiary/aromatic N) is 3. The van der Waals surface area contributed by atoms with E-state index in [1.807, 2.05) is 41.0 Å². The fourth-order valence-corrected chi connectivity index (χ4v) is 3.38. The SMILES string of the molecule is CC(C)(Sc1nc2ccccc2n1Cc1ccc(C#N)cc1)C(=O)[O-].[Na+]. The molecular weight excluding hydrogens is 357 g/mol. The van der Waals surface area contributed by atoms with Crippen molar-refractivity contribution in [3.8, 4) is 6.07 Å². The third-order valence-electron chi connectivity index (χ3n) is 3.88. The molecule has 0 spiro atoms. The Kier molecular flexibility index (Phi) is 6.53. The van der Waals surface area contributed by atoms with Crippen molar-refractivity contribution in [3.63, 3.8) is 0 Å². The number of carbonyl (C=O) groups excluding carboxylic acids is 1. The summed E-state index contributed by atoms with van der Waals surface area (Å²) >= 11 is 1.17. The largest absolute Gasteiger partial charge is 1.00 e. The molecule has 26 heavy (non-hydrogen) atoms. The Morgan fingerprint density at radius 1 is 1.23 bits per heavy atom. The van der Waals surface area contributed by atoms with Gasteiger partial charge >= 0.3 is 29.6 Å². The first-order chi connectivity index (χ1) is 11.9. The van der Waals surface area contributed by atoms with Gasteiger partial charge in [0, 0.05) is 0 Å². The molecular formula is C19H16N3NaO2S. The number of thioether (sulfide) groups is 1. The number of carboxylic acid groups (broad SMARTS) is 1. The molecule has 7 heteroatoms. The number of nitriles is 1. The summed E-state index contributed by atoms with van der Waals surface area (Å²) in [5, 5.41) is 20.9. The number of hydrogen-bond donors (Lipinski definition) is 0. The average molecular weight is 373 g/mol. The molecule has 0 aliphatic heterocycles. The van der Waals surface area contributed by atoms with E-state index in [4.69, 9.17) is 5.26 Å². The topological polar surface area (TPSA) is 81.7 Å². The van der Waals surface area contributed by atoms with Crippen LogP contribution in [-0.4, -0.2) is 20.3 Å². The smallest absolute Gasteiger partial charge is 0.549 e. The van der Waals surface area contributed by atoms with Crippen molar-refractivity contribution in [2.24, 2.45) is 0 Å². The molecule has 0 aliphatic rings. The summed E-state index contributed by atoms with van der Waals surface area (Å²) in [5.41, 5.74) is 3.36. The minimum Gasteiger partial charge on any atom is -0.549 e. The van der Waals surface area contributed by atoms with Gasteiger partial charge in [-0.15, -0.1) is 0 Å². The summed E-state index contributed by atoms with van der Waals surface area (Å²) in [7, 11) is 0. The molecule has 0 saturated carbocycles. The zero-order valence-electron chi connectivity index (χ0n) is 14.9. The number of aromatic nitrogens is 2. The van der Waals surface area contributed by atoms with Crippen LogP contribution in [0.5, 0.6) is 0 Å². The Bertz CT molecular complexity index is 975. The van der Waals surface area contributed by atoms with Crippen molar-refractivity contribution in [2.75, 3.05) is 0 Å². The summed E-state index contributed by atoms with van der Waals surface area (Å²) in [5.74, 6) is -1.13. The summed E-state index contributed by atoms with van der Waals surface area (Å²) < 4.78 is 0.899. The van der Waals surface area contributed by atoms with Gasteiger partial charge in [0.25, 0.3) is 0 Å². The molecule has 0 amide bonds. The summed E-state index contributed by atoms with van der Waals surface area (Å²) in [6.45, 7) is 3.76. The Labute approximate surface area is 178 Å². The average Bonchev–Trinajstić information content (AvgIpc) is 2.92. The van der Waals surface area contributed by atoms with Crippen LogP contribution in [0.15, 0.2) is 53.7 Å². The summed E-state index contributed by atoms with van der Waals surface area (Å²) in [4.78, 5) is 16.0. The van der Waals surface area contributed by atoms with Crippen LogP contribution in [0.1, 0.15) is 25.0 Å². The van der Waals surface area contributed by atoms with Gasteiger partial charge in [-0.3, -0.25) is 0 Å². The van der Waals surface area contributed by atoms with Crippen LogP contribution < -0.4 is 34.7 Å².